The van der Waals surface area contributed by atoms with Crippen molar-refractivity contribution in [1.82, 2.24) is 9.78 Å². The van der Waals surface area contributed by atoms with E-state index in [0.29, 0.717) is 28.9 Å². The average Bonchev–Trinajstić information content (AvgIpc) is 3.34. The summed E-state index contributed by atoms with van der Waals surface area (Å²) in [7, 11) is 0. The molecule has 0 saturated carbocycles. The van der Waals surface area contributed by atoms with E-state index in [2.05, 4.69) is 48.5 Å². The Morgan fingerprint density at radius 3 is 2.55 bits per heavy atom. The summed E-state index contributed by atoms with van der Waals surface area (Å²) < 4.78 is 7.77. The summed E-state index contributed by atoms with van der Waals surface area (Å²) in [4.78, 5) is 13.3. The van der Waals surface area contributed by atoms with Crippen LogP contribution in [0, 0.1) is 27.7 Å². The van der Waals surface area contributed by atoms with Crippen LogP contribution in [0.1, 0.15) is 43.1 Å². The third kappa shape index (κ3) is 5.64. The zero-order valence-electron chi connectivity index (χ0n) is 19.1. The number of nitrogens with one attached hydrogen (secondary N) is 1. The van der Waals surface area contributed by atoms with Crippen LogP contribution in [0.2, 0.25) is 5.02 Å². The maximum atomic E-state index is 12.8. The van der Waals surface area contributed by atoms with Crippen molar-refractivity contribution in [3.05, 3.63) is 97.3 Å². The number of aromatic nitrogens is 2. The van der Waals surface area contributed by atoms with Crippen molar-refractivity contribution < 1.29 is 9.53 Å². The number of nitrogens with zero attached hydrogens (tertiary/aromatic N) is 2. The van der Waals surface area contributed by atoms with Gasteiger partial charge in [-0.2, -0.15) is 5.10 Å². The standard InChI is InChI=1S/C26H26ClN3O2S/c1-16-6-5-7-20(10-16)12-30-13-22(27)25(29-30)28-26(31)23-11-21(15-33-23)14-32-24-18(3)8-17(2)9-19(24)4/h5-11,13,15H,12,14H2,1-4H3,(H,28,29,31). The Labute approximate surface area is 203 Å². The van der Waals surface area contributed by atoms with Gasteiger partial charge in [0.25, 0.3) is 5.91 Å². The van der Waals surface area contributed by atoms with Gasteiger partial charge >= 0.3 is 0 Å². The van der Waals surface area contributed by atoms with Crippen molar-refractivity contribution in [2.45, 2.75) is 40.8 Å². The second-order valence-corrected chi connectivity index (χ2v) is 9.62. The lowest BCUT2D eigenvalue weighted by Gasteiger charge is -2.12. The van der Waals surface area contributed by atoms with Crippen molar-refractivity contribution in [1.29, 1.82) is 0 Å². The Kier molecular flexibility index (Phi) is 6.86. The Hall–Kier alpha value is -3.09. The molecule has 2 aromatic carbocycles. The van der Waals surface area contributed by atoms with Crippen molar-refractivity contribution in [3.63, 3.8) is 0 Å². The molecule has 0 atom stereocenters. The third-order valence-electron chi connectivity index (χ3n) is 5.24. The van der Waals surface area contributed by atoms with Gasteiger partial charge in [-0.25, -0.2) is 0 Å². The molecule has 0 saturated heterocycles. The number of carbonyl (C=O) groups is 1. The fourth-order valence-electron chi connectivity index (χ4n) is 3.85. The first kappa shape index (κ1) is 23.1. The molecular weight excluding hydrogens is 454 g/mol. The summed E-state index contributed by atoms with van der Waals surface area (Å²) in [6.45, 7) is 9.20. The molecule has 5 nitrogen and oxygen atoms in total. The van der Waals surface area contributed by atoms with Gasteiger partial charge in [0, 0.05) is 11.8 Å². The van der Waals surface area contributed by atoms with Crippen LogP contribution in [-0.2, 0) is 13.2 Å². The number of anilines is 1. The van der Waals surface area contributed by atoms with E-state index in [9.17, 15) is 4.79 Å². The molecule has 1 amide bonds. The van der Waals surface area contributed by atoms with E-state index in [4.69, 9.17) is 16.3 Å². The predicted octanol–water partition coefficient (Wildman–Crippen LogP) is 6.71. The van der Waals surface area contributed by atoms with E-state index in [0.717, 1.165) is 28.0 Å². The molecule has 0 spiro atoms. The fourth-order valence-corrected chi connectivity index (χ4v) is 4.84. The number of halogens is 1. The summed E-state index contributed by atoms with van der Waals surface area (Å²) in [6, 6.07) is 14.3. The number of carbonyl (C=O) groups excluding carboxylic acids is 1. The van der Waals surface area contributed by atoms with E-state index >= 15 is 0 Å². The number of thiophene rings is 1. The Bertz CT molecular complexity index is 1290. The highest BCUT2D eigenvalue weighted by Gasteiger charge is 2.15. The second kappa shape index (κ2) is 9.81. The molecule has 0 bridgehead atoms. The van der Waals surface area contributed by atoms with Crippen molar-refractivity contribution in [2.24, 2.45) is 0 Å². The molecule has 0 unspecified atom stereocenters. The van der Waals surface area contributed by atoms with Crippen LogP contribution in [0.15, 0.2) is 54.0 Å². The van der Waals surface area contributed by atoms with Crippen LogP contribution >= 0.6 is 22.9 Å². The van der Waals surface area contributed by atoms with Crippen LogP contribution in [0.4, 0.5) is 5.82 Å². The lowest BCUT2D eigenvalue weighted by molar-refractivity contribution is 0.103. The summed E-state index contributed by atoms with van der Waals surface area (Å²) in [6.07, 6.45) is 1.72. The van der Waals surface area contributed by atoms with Crippen molar-refractivity contribution in [3.8, 4) is 5.75 Å². The van der Waals surface area contributed by atoms with Gasteiger partial charge < -0.3 is 10.1 Å². The minimum atomic E-state index is -0.239. The third-order valence-corrected chi connectivity index (χ3v) is 6.50. The lowest BCUT2D eigenvalue weighted by Crippen LogP contribution is -2.11. The molecule has 4 aromatic rings. The molecule has 4 rings (SSSR count). The zero-order chi connectivity index (χ0) is 23.5. The van der Waals surface area contributed by atoms with Gasteiger partial charge in [0.15, 0.2) is 5.82 Å². The highest BCUT2D eigenvalue weighted by molar-refractivity contribution is 7.12. The molecule has 7 heteroatoms. The first-order chi connectivity index (χ1) is 15.8. The lowest BCUT2D eigenvalue weighted by atomic mass is 10.1. The topological polar surface area (TPSA) is 56.2 Å². The molecule has 0 fully saturated rings. The van der Waals surface area contributed by atoms with Gasteiger partial charge in [0.05, 0.1) is 11.4 Å². The Morgan fingerprint density at radius 1 is 1.06 bits per heavy atom. The highest BCUT2D eigenvalue weighted by atomic mass is 35.5. The number of amides is 1. The number of benzene rings is 2. The van der Waals surface area contributed by atoms with Gasteiger partial charge in [0.2, 0.25) is 0 Å². The maximum Gasteiger partial charge on any atom is 0.266 e. The van der Waals surface area contributed by atoms with Crippen LogP contribution in [0.5, 0.6) is 5.75 Å². The van der Waals surface area contributed by atoms with E-state index < -0.39 is 0 Å². The molecule has 1 N–H and O–H groups in total. The number of hydrogen-bond donors (Lipinski definition) is 1. The summed E-state index contributed by atoms with van der Waals surface area (Å²) >= 11 is 7.69. The smallest absolute Gasteiger partial charge is 0.266 e. The molecule has 170 valence electrons. The van der Waals surface area contributed by atoms with Crippen LogP contribution in [-0.4, -0.2) is 15.7 Å². The van der Waals surface area contributed by atoms with E-state index in [1.54, 1.807) is 10.9 Å². The van der Waals surface area contributed by atoms with Crippen LogP contribution in [0.3, 0.4) is 0 Å². The van der Waals surface area contributed by atoms with Crippen molar-refractivity contribution >= 4 is 34.7 Å². The van der Waals surface area contributed by atoms with Crippen molar-refractivity contribution in [2.75, 3.05) is 5.32 Å². The Balaban J connectivity index is 1.39. The zero-order valence-corrected chi connectivity index (χ0v) is 20.7. The first-order valence-electron chi connectivity index (χ1n) is 10.7. The van der Waals surface area contributed by atoms with Gasteiger partial charge in [-0.3, -0.25) is 9.48 Å². The molecule has 0 radical (unpaired) electrons. The van der Waals surface area contributed by atoms with Gasteiger partial charge in [-0.15, -0.1) is 11.3 Å². The van der Waals surface area contributed by atoms with Crippen LogP contribution < -0.4 is 10.1 Å². The molecule has 2 aromatic heterocycles. The molecular formula is C26H26ClN3O2S. The van der Waals surface area contributed by atoms with Crippen LogP contribution in [0.25, 0.3) is 0 Å². The molecule has 0 aliphatic heterocycles. The molecule has 0 aliphatic rings. The summed E-state index contributed by atoms with van der Waals surface area (Å²) in [5.41, 5.74) is 6.68. The highest BCUT2D eigenvalue weighted by Crippen LogP contribution is 2.27. The maximum absolute atomic E-state index is 12.8. The van der Waals surface area contributed by atoms with E-state index in [1.165, 1.54) is 22.5 Å². The quantitative estimate of drug-likeness (QED) is 0.320. The minimum Gasteiger partial charge on any atom is -0.488 e. The molecule has 33 heavy (non-hydrogen) atoms. The average molecular weight is 480 g/mol. The first-order valence-corrected chi connectivity index (χ1v) is 11.9. The number of ether oxygens (including phenoxy) is 1. The fraction of sp³-hybridized carbons (Fsp3) is 0.231. The number of rotatable bonds is 7. The normalized spacial score (nSPS) is 10.9. The summed E-state index contributed by atoms with van der Waals surface area (Å²) in [5, 5.41) is 9.60. The summed E-state index contributed by atoms with van der Waals surface area (Å²) in [5.74, 6) is 1.01. The predicted molar refractivity (Wildman–Crippen MR) is 135 cm³/mol. The monoisotopic (exact) mass is 479 g/mol. The van der Waals surface area contributed by atoms with Gasteiger partial charge in [0.1, 0.15) is 17.4 Å². The Morgan fingerprint density at radius 2 is 1.82 bits per heavy atom. The SMILES string of the molecule is Cc1cccc(Cn2cc(Cl)c(NC(=O)c3cc(COc4c(C)cc(C)cc4C)cs3)n2)c1. The van der Waals surface area contributed by atoms with E-state index in [-0.39, 0.29) is 5.91 Å². The van der Waals surface area contributed by atoms with Gasteiger partial charge in [-0.1, -0.05) is 59.1 Å². The molecule has 2 heterocycles. The second-order valence-electron chi connectivity index (χ2n) is 8.30. The van der Waals surface area contributed by atoms with E-state index in [1.807, 2.05) is 37.4 Å². The molecule has 0 aliphatic carbocycles. The largest absolute Gasteiger partial charge is 0.488 e. The number of hydrogen-bond acceptors (Lipinski definition) is 4. The minimum absolute atomic E-state index is 0.239. The number of aryl methyl sites for hydroxylation is 4. The van der Waals surface area contributed by atoms with Gasteiger partial charge in [-0.05, 0) is 55.8 Å².